The van der Waals surface area contributed by atoms with Crippen LogP contribution in [0.5, 0.6) is 0 Å². The van der Waals surface area contributed by atoms with Gasteiger partial charge in [-0.3, -0.25) is 9.48 Å². The van der Waals surface area contributed by atoms with Crippen molar-refractivity contribution in [1.82, 2.24) is 20.3 Å². The second-order valence-corrected chi connectivity index (χ2v) is 5.36. The third-order valence-corrected chi connectivity index (χ3v) is 3.75. The summed E-state index contributed by atoms with van der Waals surface area (Å²) in [7, 11) is 0. The lowest BCUT2D eigenvalue weighted by Crippen LogP contribution is -2.56. The number of rotatable bonds is 6. The molecule has 8 heteroatoms. The van der Waals surface area contributed by atoms with Crippen molar-refractivity contribution in [3.63, 3.8) is 0 Å². The van der Waals surface area contributed by atoms with Gasteiger partial charge in [-0.05, 0) is 25.2 Å². The normalized spacial score (nSPS) is 26.1. The van der Waals surface area contributed by atoms with E-state index in [-0.39, 0.29) is 11.7 Å². The first kappa shape index (κ1) is 14.3. The molecule has 110 valence electrons. The number of hydrogen-bond acceptors (Lipinski definition) is 5. The smallest absolute Gasteiger partial charge is 0.233 e. The predicted octanol–water partition coefficient (Wildman–Crippen LogP) is -0.0529. The third kappa shape index (κ3) is 2.73. The highest BCUT2D eigenvalue weighted by Gasteiger charge is 2.51. The second kappa shape index (κ2) is 5.89. The minimum Gasteiger partial charge on any atom is -0.409 e. The van der Waals surface area contributed by atoms with Gasteiger partial charge in [0.25, 0.3) is 0 Å². The molecule has 0 radical (unpaired) electrons. The van der Waals surface area contributed by atoms with E-state index in [0.29, 0.717) is 31.8 Å². The van der Waals surface area contributed by atoms with Crippen LogP contribution in [0.3, 0.4) is 0 Å². The third-order valence-electron chi connectivity index (χ3n) is 3.75. The lowest BCUT2D eigenvalue weighted by Gasteiger charge is -2.43. The fraction of sp³-hybridized carbons (Fsp3) is 0.667. The van der Waals surface area contributed by atoms with Gasteiger partial charge in [0, 0.05) is 19.3 Å². The fourth-order valence-electron chi connectivity index (χ4n) is 2.70. The molecule has 0 spiro atoms. The molecular formula is C12H20N6O2. The minimum absolute atomic E-state index is 0.00405. The van der Waals surface area contributed by atoms with E-state index in [9.17, 15) is 4.79 Å². The van der Waals surface area contributed by atoms with Crippen LogP contribution in [-0.2, 0) is 11.3 Å². The first-order valence-electron chi connectivity index (χ1n) is 6.69. The topological polar surface area (TPSA) is 118 Å². The molecule has 0 saturated heterocycles. The summed E-state index contributed by atoms with van der Waals surface area (Å²) in [4.78, 5) is 12.2. The first-order chi connectivity index (χ1) is 9.58. The summed E-state index contributed by atoms with van der Waals surface area (Å²) in [5.41, 5.74) is 4.84. The molecule has 1 saturated carbocycles. The Bertz CT molecular complexity index is 478. The van der Waals surface area contributed by atoms with Gasteiger partial charge in [-0.25, -0.2) is 0 Å². The van der Waals surface area contributed by atoms with Crippen LogP contribution in [0.4, 0.5) is 0 Å². The molecule has 1 fully saturated rings. The Labute approximate surface area is 117 Å². The van der Waals surface area contributed by atoms with Gasteiger partial charge in [0.15, 0.2) is 5.84 Å². The molecule has 4 N–H and O–H groups in total. The zero-order chi connectivity index (χ0) is 14.6. The van der Waals surface area contributed by atoms with Gasteiger partial charge in [-0.1, -0.05) is 17.3 Å². The molecule has 1 aromatic heterocycles. The molecule has 8 nitrogen and oxygen atoms in total. The summed E-state index contributed by atoms with van der Waals surface area (Å²) in [6.07, 6.45) is 5.38. The molecule has 1 aliphatic carbocycles. The highest BCUT2D eigenvalue weighted by atomic mass is 16.4. The molecule has 1 heterocycles. The molecule has 2 rings (SSSR count). The maximum Gasteiger partial charge on any atom is 0.233 e. The summed E-state index contributed by atoms with van der Waals surface area (Å²) < 4.78 is 1.71. The van der Waals surface area contributed by atoms with Crippen LogP contribution in [0.1, 0.15) is 26.2 Å². The molecule has 0 unspecified atom stereocenters. The minimum atomic E-state index is -0.832. The number of nitrogens with one attached hydrogen (secondary N) is 1. The van der Waals surface area contributed by atoms with Crippen molar-refractivity contribution in [1.29, 1.82) is 0 Å². The van der Waals surface area contributed by atoms with Gasteiger partial charge < -0.3 is 16.3 Å². The van der Waals surface area contributed by atoms with Gasteiger partial charge in [0.05, 0.1) is 6.20 Å². The standard InChI is InChI=1S/C12H20N6O2/c1-9-7-12(8-9,10(13)16-20)11(19)14-3-2-5-18-6-4-15-17-18/h4,6,9,20H,2-3,5,7-8H2,1H3,(H2,13,16)(H,14,19). The van der Waals surface area contributed by atoms with Crippen molar-refractivity contribution in [2.24, 2.45) is 22.2 Å². The molecular weight excluding hydrogens is 260 g/mol. The van der Waals surface area contributed by atoms with Crippen LogP contribution in [0.25, 0.3) is 0 Å². The Balaban J connectivity index is 1.81. The van der Waals surface area contributed by atoms with E-state index < -0.39 is 5.41 Å². The largest absolute Gasteiger partial charge is 0.409 e. The lowest BCUT2D eigenvalue weighted by molar-refractivity contribution is -0.133. The Morgan fingerprint density at radius 3 is 2.95 bits per heavy atom. The summed E-state index contributed by atoms with van der Waals surface area (Å²) in [5.74, 6) is 0.255. The van der Waals surface area contributed by atoms with Crippen LogP contribution in [0, 0.1) is 11.3 Å². The number of carbonyl (C=O) groups excluding carboxylic acids is 1. The van der Waals surface area contributed by atoms with Gasteiger partial charge in [-0.2, -0.15) is 0 Å². The molecule has 0 aliphatic heterocycles. The van der Waals surface area contributed by atoms with Crippen molar-refractivity contribution in [2.45, 2.75) is 32.7 Å². The number of amidine groups is 1. The zero-order valence-corrected chi connectivity index (χ0v) is 11.5. The van der Waals surface area contributed by atoms with Gasteiger partial charge in [0.2, 0.25) is 5.91 Å². The number of carbonyl (C=O) groups is 1. The maximum absolute atomic E-state index is 12.2. The van der Waals surface area contributed by atoms with E-state index in [1.54, 1.807) is 17.1 Å². The van der Waals surface area contributed by atoms with Crippen LogP contribution in [0.2, 0.25) is 0 Å². The number of hydrogen-bond donors (Lipinski definition) is 3. The van der Waals surface area contributed by atoms with Crippen LogP contribution in [-0.4, -0.2) is 38.5 Å². The molecule has 0 atom stereocenters. The number of aryl methyl sites for hydroxylation is 1. The van der Waals surface area contributed by atoms with Crippen molar-refractivity contribution in [2.75, 3.05) is 6.54 Å². The van der Waals surface area contributed by atoms with Crippen molar-refractivity contribution >= 4 is 11.7 Å². The van der Waals surface area contributed by atoms with E-state index in [4.69, 9.17) is 10.9 Å². The van der Waals surface area contributed by atoms with Crippen LogP contribution >= 0.6 is 0 Å². The fourth-order valence-corrected chi connectivity index (χ4v) is 2.70. The molecule has 1 aliphatic rings. The van der Waals surface area contributed by atoms with Crippen LogP contribution < -0.4 is 11.1 Å². The van der Waals surface area contributed by atoms with Crippen molar-refractivity contribution < 1.29 is 10.0 Å². The van der Waals surface area contributed by atoms with Gasteiger partial charge in [0.1, 0.15) is 5.41 Å². The first-order valence-corrected chi connectivity index (χ1v) is 6.69. The Kier molecular flexibility index (Phi) is 4.21. The summed E-state index contributed by atoms with van der Waals surface area (Å²) in [5, 5.41) is 22.2. The number of aromatic nitrogens is 3. The van der Waals surface area contributed by atoms with E-state index in [0.717, 1.165) is 6.42 Å². The molecule has 20 heavy (non-hydrogen) atoms. The Morgan fingerprint density at radius 1 is 1.65 bits per heavy atom. The van der Waals surface area contributed by atoms with Crippen molar-refractivity contribution in [3.05, 3.63) is 12.4 Å². The van der Waals surface area contributed by atoms with E-state index in [2.05, 4.69) is 20.8 Å². The number of nitrogens with two attached hydrogens (primary N) is 1. The monoisotopic (exact) mass is 280 g/mol. The Morgan fingerprint density at radius 2 is 2.40 bits per heavy atom. The number of amides is 1. The summed E-state index contributed by atoms with van der Waals surface area (Å²) in [6, 6.07) is 0. The number of nitrogens with zero attached hydrogens (tertiary/aromatic N) is 4. The zero-order valence-electron chi connectivity index (χ0n) is 11.5. The Hall–Kier alpha value is -2.12. The predicted molar refractivity (Wildman–Crippen MR) is 71.9 cm³/mol. The molecule has 1 aromatic rings. The SMILES string of the molecule is CC1CC(C(=O)NCCCn2ccnn2)(/C(N)=N/O)C1. The maximum atomic E-state index is 12.2. The molecule has 1 amide bonds. The quantitative estimate of drug-likeness (QED) is 0.222. The average molecular weight is 280 g/mol. The highest BCUT2D eigenvalue weighted by molar-refractivity contribution is 6.07. The summed E-state index contributed by atoms with van der Waals surface area (Å²) >= 11 is 0. The lowest BCUT2D eigenvalue weighted by atomic mass is 9.61. The van der Waals surface area contributed by atoms with Crippen molar-refractivity contribution in [3.8, 4) is 0 Å². The van der Waals surface area contributed by atoms with Crippen LogP contribution in [0.15, 0.2) is 17.5 Å². The van der Waals surface area contributed by atoms with E-state index in [1.165, 1.54) is 0 Å². The van der Waals surface area contributed by atoms with E-state index in [1.807, 2.05) is 6.92 Å². The second-order valence-electron chi connectivity index (χ2n) is 5.36. The van der Waals surface area contributed by atoms with E-state index >= 15 is 0 Å². The number of oxime groups is 1. The molecule has 0 aromatic carbocycles. The summed E-state index contributed by atoms with van der Waals surface area (Å²) in [6.45, 7) is 3.25. The average Bonchev–Trinajstić information content (AvgIpc) is 2.91. The van der Waals surface area contributed by atoms with Gasteiger partial charge >= 0.3 is 0 Å². The molecule has 0 bridgehead atoms. The van der Waals surface area contributed by atoms with Gasteiger partial charge in [-0.15, -0.1) is 5.10 Å². The highest BCUT2D eigenvalue weighted by Crippen LogP contribution is 2.45.